The van der Waals surface area contributed by atoms with Gasteiger partial charge in [0.15, 0.2) is 0 Å². The summed E-state index contributed by atoms with van der Waals surface area (Å²) in [7, 11) is 0. The van der Waals surface area contributed by atoms with Crippen LogP contribution in [0, 0.1) is 0 Å². The van der Waals surface area contributed by atoms with Gasteiger partial charge in [0, 0.05) is 19.1 Å². The van der Waals surface area contributed by atoms with E-state index in [0.717, 1.165) is 24.0 Å². The molecule has 4 heteroatoms. The predicted octanol–water partition coefficient (Wildman–Crippen LogP) is 2.28. The smallest absolute Gasteiger partial charge is 0.315 e. The molecule has 1 aliphatic carbocycles. The second-order valence-corrected chi connectivity index (χ2v) is 5.19. The van der Waals surface area contributed by atoms with Crippen LogP contribution in [0.4, 0.5) is 4.79 Å². The Morgan fingerprint density at radius 3 is 2.68 bits per heavy atom. The molecule has 0 spiro atoms. The molecule has 0 aromatic heterocycles. The Balaban J connectivity index is 1.76. The zero-order valence-corrected chi connectivity index (χ0v) is 11.3. The van der Waals surface area contributed by atoms with E-state index in [1.54, 1.807) is 0 Å². The maximum absolute atomic E-state index is 11.8. The number of nitrogens with one attached hydrogen (secondary N) is 2. The second kappa shape index (κ2) is 7.14. The van der Waals surface area contributed by atoms with E-state index in [9.17, 15) is 4.79 Å². The fraction of sp³-hybridized carbons (Fsp3) is 0.533. The van der Waals surface area contributed by atoms with Crippen molar-refractivity contribution in [3.05, 3.63) is 35.4 Å². The van der Waals surface area contributed by atoms with Crippen LogP contribution in [0.5, 0.6) is 0 Å². The molecule has 0 radical (unpaired) electrons. The number of hydrogen-bond donors (Lipinski definition) is 3. The molecule has 4 nitrogen and oxygen atoms in total. The molecule has 0 unspecified atom stereocenters. The van der Waals surface area contributed by atoms with Crippen molar-refractivity contribution in [2.24, 2.45) is 5.73 Å². The minimum atomic E-state index is -0.0648. The monoisotopic (exact) mass is 261 g/mol. The number of hydrogen-bond acceptors (Lipinski definition) is 2. The topological polar surface area (TPSA) is 67.1 Å². The fourth-order valence-electron chi connectivity index (χ4n) is 2.53. The maximum atomic E-state index is 11.8. The van der Waals surface area contributed by atoms with Gasteiger partial charge in [0.05, 0.1) is 0 Å². The summed E-state index contributed by atoms with van der Waals surface area (Å²) in [6.07, 6.45) is 5.96. The van der Waals surface area contributed by atoms with Gasteiger partial charge >= 0.3 is 6.03 Å². The van der Waals surface area contributed by atoms with Gasteiger partial charge < -0.3 is 16.4 Å². The SMILES string of the molecule is NCc1cccc(CNC(=O)NC2CCCCC2)c1. The largest absolute Gasteiger partial charge is 0.335 e. The third-order valence-corrected chi connectivity index (χ3v) is 3.62. The summed E-state index contributed by atoms with van der Waals surface area (Å²) in [5.74, 6) is 0. The Hall–Kier alpha value is -1.55. The van der Waals surface area contributed by atoms with E-state index in [0.29, 0.717) is 19.1 Å². The molecule has 1 saturated carbocycles. The zero-order valence-electron chi connectivity index (χ0n) is 11.3. The summed E-state index contributed by atoms with van der Waals surface area (Å²) in [5.41, 5.74) is 7.77. The van der Waals surface area contributed by atoms with Gasteiger partial charge in [-0.05, 0) is 24.0 Å². The molecule has 104 valence electrons. The molecule has 0 atom stereocenters. The Morgan fingerprint density at radius 2 is 1.95 bits per heavy atom. The predicted molar refractivity (Wildman–Crippen MR) is 76.6 cm³/mol. The molecule has 4 N–H and O–H groups in total. The van der Waals surface area contributed by atoms with Crippen LogP contribution in [0.15, 0.2) is 24.3 Å². The molecule has 1 fully saturated rings. The summed E-state index contributed by atoms with van der Waals surface area (Å²) in [6, 6.07) is 8.28. The summed E-state index contributed by atoms with van der Waals surface area (Å²) in [5, 5.41) is 5.95. The van der Waals surface area contributed by atoms with Crippen molar-refractivity contribution >= 4 is 6.03 Å². The van der Waals surface area contributed by atoms with Crippen molar-refractivity contribution in [2.75, 3.05) is 0 Å². The Kier molecular flexibility index (Phi) is 5.21. The van der Waals surface area contributed by atoms with E-state index in [-0.39, 0.29) is 6.03 Å². The van der Waals surface area contributed by atoms with Gasteiger partial charge in [-0.25, -0.2) is 4.79 Å². The first-order chi connectivity index (χ1) is 9.28. The molecule has 1 aliphatic rings. The molecule has 19 heavy (non-hydrogen) atoms. The number of rotatable bonds is 4. The van der Waals surface area contributed by atoms with Crippen molar-refractivity contribution in [2.45, 2.75) is 51.2 Å². The zero-order chi connectivity index (χ0) is 13.5. The number of carbonyl (C=O) groups excluding carboxylic acids is 1. The van der Waals surface area contributed by atoms with Crippen LogP contribution in [0.25, 0.3) is 0 Å². The van der Waals surface area contributed by atoms with Gasteiger partial charge in [-0.3, -0.25) is 0 Å². The van der Waals surface area contributed by atoms with E-state index in [2.05, 4.69) is 10.6 Å². The summed E-state index contributed by atoms with van der Waals surface area (Å²) < 4.78 is 0. The summed E-state index contributed by atoms with van der Waals surface area (Å²) >= 11 is 0. The number of amides is 2. The van der Waals surface area contributed by atoms with Crippen LogP contribution in [0.2, 0.25) is 0 Å². The van der Waals surface area contributed by atoms with Crippen LogP contribution in [-0.2, 0) is 13.1 Å². The Labute approximate surface area is 114 Å². The maximum Gasteiger partial charge on any atom is 0.315 e. The quantitative estimate of drug-likeness (QED) is 0.778. The van der Waals surface area contributed by atoms with Crippen LogP contribution in [0.3, 0.4) is 0 Å². The van der Waals surface area contributed by atoms with Gasteiger partial charge in [-0.15, -0.1) is 0 Å². The number of benzene rings is 1. The first kappa shape index (κ1) is 13.9. The average molecular weight is 261 g/mol. The molecule has 0 bridgehead atoms. The molecule has 1 aromatic carbocycles. The van der Waals surface area contributed by atoms with Gasteiger partial charge in [-0.2, -0.15) is 0 Å². The average Bonchev–Trinajstić information content (AvgIpc) is 2.46. The fourth-order valence-corrected chi connectivity index (χ4v) is 2.53. The van der Waals surface area contributed by atoms with Crippen molar-refractivity contribution in [3.63, 3.8) is 0 Å². The number of urea groups is 1. The van der Waals surface area contributed by atoms with Crippen LogP contribution in [0.1, 0.15) is 43.2 Å². The molecular formula is C15H23N3O. The molecular weight excluding hydrogens is 238 g/mol. The molecule has 1 aromatic rings. The lowest BCUT2D eigenvalue weighted by atomic mass is 9.96. The van der Waals surface area contributed by atoms with Gasteiger partial charge in [0.1, 0.15) is 0 Å². The van der Waals surface area contributed by atoms with Crippen molar-refractivity contribution in [1.82, 2.24) is 10.6 Å². The third-order valence-electron chi connectivity index (χ3n) is 3.62. The van der Waals surface area contributed by atoms with Crippen molar-refractivity contribution < 1.29 is 4.79 Å². The Bertz CT molecular complexity index is 414. The summed E-state index contributed by atoms with van der Waals surface area (Å²) in [6.45, 7) is 1.08. The number of nitrogens with two attached hydrogens (primary N) is 1. The molecule has 0 aliphatic heterocycles. The van der Waals surface area contributed by atoms with Crippen LogP contribution in [-0.4, -0.2) is 12.1 Å². The first-order valence-electron chi connectivity index (χ1n) is 7.10. The molecule has 0 heterocycles. The standard InChI is InChI=1S/C15H23N3O/c16-10-12-5-4-6-13(9-12)11-17-15(19)18-14-7-2-1-3-8-14/h4-6,9,14H,1-3,7-8,10-11,16H2,(H2,17,18,19). The minimum absolute atomic E-state index is 0.0648. The van der Waals surface area contributed by atoms with E-state index in [4.69, 9.17) is 5.73 Å². The highest BCUT2D eigenvalue weighted by Gasteiger charge is 2.15. The first-order valence-corrected chi connectivity index (χ1v) is 7.10. The lowest BCUT2D eigenvalue weighted by Crippen LogP contribution is -2.42. The lowest BCUT2D eigenvalue weighted by molar-refractivity contribution is 0.232. The van der Waals surface area contributed by atoms with Gasteiger partial charge in [0.2, 0.25) is 0 Å². The minimum Gasteiger partial charge on any atom is -0.335 e. The Morgan fingerprint density at radius 1 is 1.21 bits per heavy atom. The second-order valence-electron chi connectivity index (χ2n) is 5.19. The highest BCUT2D eigenvalue weighted by Crippen LogP contribution is 2.17. The normalized spacial score (nSPS) is 16.1. The van der Waals surface area contributed by atoms with Gasteiger partial charge in [0.25, 0.3) is 0 Å². The lowest BCUT2D eigenvalue weighted by Gasteiger charge is -2.22. The van der Waals surface area contributed by atoms with Gasteiger partial charge in [-0.1, -0.05) is 43.5 Å². The van der Waals surface area contributed by atoms with E-state index in [1.807, 2.05) is 24.3 Å². The van der Waals surface area contributed by atoms with E-state index in [1.165, 1.54) is 19.3 Å². The molecule has 2 rings (SSSR count). The number of carbonyl (C=O) groups is 1. The summed E-state index contributed by atoms with van der Waals surface area (Å²) in [4.78, 5) is 11.8. The van der Waals surface area contributed by atoms with Crippen LogP contribution < -0.4 is 16.4 Å². The van der Waals surface area contributed by atoms with Crippen molar-refractivity contribution in [3.8, 4) is 0 Å². The highest BCUT2D eigenvalue weighted by atomic mass is 16.2. The third kappa shape index (κ3) is 4.56. The van der Waals surface area contributed by atoms with Crippen molar-refractivity contribution in [1.29, 1.82) is 0 Å². The molecule has 0 saturated heterocycles. The van der Waals surface area contributed by atoms with E-state index >= 15 is 0 Å². The van der Waals surface area contributed by atoms with E-state index < -0.39 is 0 Å². The highest BCUT2D eigenvalue weighted by molar-refractivity contribution is 5.74. The van der Waals surface area contributed by atoms with Crippen LogP contribution >= 0.6 is 0 Å². The molecule has 2 amide bonds.